The van der Waals surface area contributed by atoms with Gasteiger partial charge in [-0.15, -0.1) is 16.8 Å². The van der Waals surface area contributed by atoms with E-state index >= 15 is 0 Å². The molecule has 1 aromatic rings. The van der Waals surface area contributed by atoms with Crippen molar-refractivity contribution >= 4 is 17.7 Å². The molecule has 0 spiro atoms. The fourth-order valence-corrected chi connectivity index (χ4v) is 2.57. The van der Waals surface area contributed by atoms with E-state index in [1.165, 1.54) is 24.6 Å². The van der Waals surface area contributed by atoms with Crippen molar-refractivity contribution in [2.24, 2.45) is 0 Å². The largest absolute Gasteiger partial charge is 0.459 e. The normalized spacial score (nSPS) is 15.2. The molecule has 0 aromatic carbocycles. The second-order valence-corrected chi connectivity index (χ2v) is 6.83. The van der Waals surface area contributed by atoms with Crippen LogP contribution in [-0.2, 0) is 16.1 Å². The van der Waals surface area contributed by atoms with Crippen LogP contribution in [-0.4, -0.2) is 32.1 Å². The smallest absolute Gasteiger partial charge is 0.316 e. The highest BCUT2D eigenvalue weighted by Gasteiger charge is 2.30. The van der Waals surface area contributed by atoms with Crippen molar-refractivity contribution in [1.29, 1.82) is 0 Å². The Morgan fingerprint density at radius 3 is 2.75 bits per heavy atom. The summed E-state index contributed by atoms with van der Waals surface area (Å²) in [5.74, 6) is 1.55. The molecular formula is C14H21N3O2S. The van der Waals surface area contributed by atoms with Gasteiger partial charge < -0.3 is 9.30 Å². The van der Waals surface area contributed by atoms with E-state index < -0.39 is 5.60 Å². The van der Waals surface area contributed by atoms with Gasteiger partial charge in [0.2, 0.25) is 0 Å². The number of esters is 1. The molecule has 1 aromatic heterocycles. The molecular weight excluding hydrogens is 274 g/mol. The lowest BCUT2D eigenvalue weighted by atomic mass is 10.2. The molecule has 0 radical (unpaired) electrons. The molecule has 5 nitrogen and oxygen atoms in total. The van der Waals surface area contributed by atoms with Crippen LogP contribution >= 0.6 is 11.8 Å². The van der Waals surface area contributed by atoms with Crippen LogP contribution in [0.2, 0.25) is 0 Å². The molecule has 110 valence electrons. The Morgan fingerprint density at radius 1 is 1.50 bits per heavy atom. The standard InChI is InChI=1S/C14H21N3O2S/c1-5-8-17-12(10-6-7-10)15-16-13(17)20-9-11(18)19-14(2,3)4/h5,10H,1,6-9H2,2-4H3. The molecule has 20 heavy (non-hydrogen) atoms. The maximum atomic E-state index is 11.7. The monoisotopic (exact) mass is 295 g/mol. The summed E-state index contributed by atoms with van der Waals surface area (Å²) in [6.45, 7) is 10.0. The molecule has 1 aliphatic rings. The number of carbonyl (C=O) groups excluding carboxylic acids is 1. The van der Waals surface area contributed by atoms with E-state index in [1.54, 1.807) is 0 Å². The first-order valence-corrected chi connectivity index (χ1v) is 7.78. The highest BCUT2D eigenvalue weighted by molar-refractivity contribution is 7.99. The van der Waals surface area contributed by atoms with Crippen molar-refractivity contribution in [3.8, 4) is 0 Å². The molecule has 0 aliphatic heterocycles. The van der Waals surface area contributed by atoms with E-state index in [0.29, 0.717) is 12.5 Å². The van der Waals surface area contributed by atoms with Gasteiger partial charge >= 0.3 is 5.97 Å². The Labute approximate surface area is 123 Å². The van der Waals surface area contributed by atoms with Gasteiger partial charge in [0.15, 0.2) is 5.16 Å². The molecule has 0 saturated heterocycles. The summed E-state index contributed by atoms with van der Waals surface area (Å²) in [6.07, 6.45) is 4.17. The van der Waals surface area contributed by atoms with E-state index in [0.717, 1.165) is 11.0 Å². The second kappa shape index (κ2) is 5.99. The summed E-state index contributed by atoms with van der Waals surface area (Å²) >= 11 is 1.37. The first-order chi connectivity index (χ1) is 9.40. The lowest BCUT2D eigenvalue weighted by Crippen LogP contribution is -2.25. The number of allylic oxidation sites excluding steroid dienone is 1. The van der Waals surface area contributed by atoms with Gasteiger partial charge in [0.05, 0.1) is 5.75 Å². The maximum absolute atomic E-state index is 11.7. The van der Waals surface area contributed by atoms with Gasteiger partial charge in [0, 0.05) is 12.5 Å². The number of hydrogen-bond acceptors (Lipinski definition) is 5. The topological polar surface area (TPSA) is 57.0 Å². The molecule has 2 rings (SSSR count). The molecule has 6 heteroatoms. The Hall–Kier alpha value is -1.30. The number of nitrogens with zero attached hydrogens (tertiary/aromatic N) is 3. The molecule has 1 saturated carbocycles. The van der Waals surface area contributed by atoms with Crippen LogP contribution in [0.4, 0.5) is 0 Å². The Bertz CT molecular complexity index is 501. The number of thioether (sulfide) groups is 1. The molecule has 0 amide bonds. The van der Waals surface area contributed by atoms with Crippen molar-refractivity contribution in [2.45, 2.75) is 56.8 Å². The predicted octanol–water partition coefficient (Wildman–Crippen LogP) is 2.78. The van der Waals surface area contributed by atoms with Crippen molar-refractivity contribution < 1.29 is 9.53 Å². The molecule has 0 bridgehead atoms. The molecule has 0 atom stereocenters. The van der Waals surface area contributed by atoms with Crippen molar-refractivity contribution in [1.82, 2.24) is 14.8 Å². The third-order valence-electron chi connectivity index (χ3n) is 2.74. The highest BCUT2D eigenvalue weighted by Crippen LogP contribution is 2.40. The minimum absolute atomic E-state index is 0.233. The summed E-state index contributed by atoms with van der Waals surface area (Å²) in [6, 6.07) is 0. The predicted molar refractivity (Wildman–Crippen MR) is 78.8 cm³/mol. The van der Waals surface area contributed by atoms with Gasteiger partial charge in [-0.3, -0.25) is 4.79 Å². The molecule has 0 N–H and O–H groups in total. The lowest BCUT2D eigenvalue weighted by molar-refractivity contribution is -0.151. The Morgan fingerprint density at radius 2 is 2.20 bits per heavy atom. The minimum atomic E-state index is -0.453. The quantitative estimate of drug-likeness (QED) is 0.459. The Kier molecular flexibility index (Phi) is 4.52. The zero-order chi connectivity index (χ0) is 14.8. The summed E-state index contributed by atoms with van der Waals surface area (Å²) in [5.41, 5.74) is -0.453. The van der Waals surface area contributed by atoms with Crippen LogP contribution in [0.1, 0.15) is 45.4 Å². The third-order valence-corrected chi connectivity index (χ3v) is 3.68. The van der Waals surface area contributed by atoms with Crippen molar-refractivity contribution in [2.75, 3.05) is 5.75 Å². The average molecular weight is 295 g/mol. The number of ether oxygens (including phenoxy) is 1. The van der Waals surface area contributed by atoms with Gasteiger partial charge in [-0.1, -0.05) is 17.8 Å². The van der Waals surface area contributed by atoms with Crippen LogP contribution in [0.15, 0.2) is 17.8 Å². The van der Waals surface area contributed by atoms with Crippen LogP contribution in [0, 0.1) is 0 Å². The summed E-state index contributed by atoms with van der Waals surface area (Å²) in [4.78, 5) is 11.7. The van der Waals surface area contributed by atoms with E-state index in [-0.39, 0.29) is 11.7 Å². The van der Waals surface area contributed by atoms with Crippen molar-refractivity contribution in [3.63, 3.8) is 0 Å². The maximum Gasteiger partial charge on any atom is 0.316 e. The number of carbonyl (C=O) groups is 1. The fourth-order valence-electron chi connectivity index (χ4n) is 1.85. The van der Waals surface area contributed by atoms with Crippen LogP contribution in [0.5, 0.6) is 0 Å². The molecule has 1 heterocycles. The van der Waals surface area contributed by atoms with Gasteiger partial charge in [0.1, 0.15) is 11.4 Å². The molecule has 1 aliphatic carbocycles. The van der Waals surface area contributed by atoms with Crippen LogP contribution in [0.3, 0.4) is 0 Å². The van der Waals surface area contributed by atoms with E-state index in [9.17, 15) is 4.79 Å². The third kappa shape index (κ3) is 4.10. The fraction of sp³-hybridized carbons (Fsp3) is 0.643. The van der Waals surface area contributed by atoms with Crippen LogP contribution < -0.4 is 0 Å². The highest BCUT2D eigenvalue weighted by atomic mass is 32.2. The minimum Gasteiger partial charge on any atom is -0.459 e. The van der Waals surface area contributed by atoms with Crippen molar-refractivity contribution in [3.05, 3.63) is 18.5 Å². The van der Waals surface area contributed by atoms with Gasteiger partial charge in [-0.05, 0) is 33.6 Å². The lowest BCUT2D eigenvalue weighted by Gasteiger charge is -2.19. The number of hydrogen-bond donors (Lipinski definition) is 0. The van der Waals surface area contributed by atoms with Gasteiger partial charge in [-0.2, -0.15) is 0 Å². The molecule has 1 fully saturated rings. The first kappa shape index (κ1) is 15.1. The van der Waals surface area contributed by atoms with Gasteiger partial charge in [0.25, 0.3) is 0 Å². The first-order valence-electron chi connectivity index (χ1n) is 6.79. The number of aromatic nitrogens is 3. The van der Waals surface area contributed by atoms with E-state index in [1.807, 2.05) is 31.4 Å². The van der Waals surface area contributed by atoms with E-state index in [2.05, 4.69) is 16.8 Å². The second-order valence-electron chi connectivity index (χ2n) is 5.89. The summed E-state index contributed by atoms with van der Waals surface area (Å²) in [5, 5.41) is 9.19. The average Bonchev–Trinajstić information content (AvgIpc) is 3.09. The van der Waals surface area contributed by atoms with Gasteiger partial charge in [-0.25, -0.2) is 0 Å². The Balaban J connectivity index is 1.98. The summed E-state index contributed by atoms with van der Waals surface area (Å²) < 4.78 is 7.33. The SMILES string of the molecule is C=CCn1c(SCC(=O)OC(C)(C)C)nnc1C1CC1. The zero-order valence-corrected chi connectivity index (χ0v) is 13.1. The van der Waals surface area contributed by atoms with Crippen LogP contribution in [0.25, 0.3) is 0 Å². The number of rotatable bonds is 6. The molecule has 0 unspecified atom stereocenters. The zero-order valence-electron chi connectivity index (χ0n) is 12.3. The summed E-state index contributed by atoms with van der Waals surface area (Å²) in [7, 11) is 0. The van der Waals surface area contributed by atoms with E-state index in [4.69, 9.17) is 4.74 Å².